The maximum absolute atomic E-state index is 13.3. The summed E-state index contributed by atoms with van der Waals surface area (Å²) in [6.07, 6.45) is 4.60. The van der Waals surface area contributed by atoms with Crippen LogP contribution in [0.15, 0.2) is 36.7 Å². The molecule has 2 heterocycles. The van der Waals surface area contributed by atoms with Gasteiger partial charge in [-0.15, -0.1) is 0 Å². The van der Waals surface area contributed by atoms with Gasteiger partial charge in [-0.3, -0.25) is 4.79 Å². The van der Waals surface area contributed by atoms with Gasteiger partial charge in [0.05, 0.1) is 5.92 Å². The van der Waals surface area contributed by atoms with E-state index in [9.17, 15) is 19.1 Å². The molecule has 1 aliphatic rings. The van der Waals surface area contributed by atoms with Crippen LogP contribution < -0.4 is 5.32 Å². The van der Waals surface area contributed by atoms with Crippen LogP contribution in [0.1, 0.15) is 30.3 Å². The van der Waals surface area contributed by atoms with Crippen molar-refractivity contribution in [2.45, 2.75) is 18.9 Å². The number of rotatable bonds is 4. The lowest BCUT2D eigenvalue weighted by Crippen LogP contribution is -2.48. The first-order valence-electron chi connectivity index (χ1n) is 8.46. The highest BCUT2D eigenvalue weighted by atomic mass is 19.1. The standard InChI is InChI=1S/C18H21FN4O3/c1-22-10-8-20-16(22)15(12-4-6-14(19)7-5-12)21-18(26)23-9-2-3-13(11-23)17(24)25/h4-8,10,13,15H,2-3,9,11H2,1H3,(H,21,26)(H,24,25). The molecule has 1 aromatic heterocycles. The van der Waals surface area contributed by atoms with Gasteiger partial charge in [0.2, 0.25) is 0 Å². The van der Waals surface area contributed by atoms with Gasteiger partial charge in [-0.25, -0.2) is 14.2 Å². The maximum Gasteiger partial charge on any atom is 0.318 e. The Morgan fingerprint density at radius 2 is 2.08 bits per heavy atom. The number of piperidine rings is 1. The van der Waals surface area contributed by atoms with Crippen LogP contribution in [-0.2, 0) is 11.8 Å². The number of hydrogen-bond acceptors (Lipinski definition) is 3. The van der Waals surface area contributed by atoms with Crippen molar-refractivity contribution < 1.29 is 19.1 Å². The lowest BCUT2D eigenvalue weighted by atomic mass is 9.98. The van der Waals surface area contributed by atoms with E-state index in [0.717, 1.165) is 0 Å². The predicted octanol–water partition coefficient (Wildman–Crippen LogP) is 2.15. The summed E-state index contributed by atoms with van der Waals surface area (Å²) in [6.45, 7) is 0.685. The van der Waals surface area contributed by atoms with Crippen LogP contribution in [0.2, 0.25) is 0 Å². The molecular formula is C18H21FN4O3. The molecule has 2 aromatic rings. The molecule has 3 rings (SSSR count). The molecule has 2 amide bonds. The maximum atomic E-state index is 13.3. The molecule has 2 atom stereocenters. The van der Waals surface area contributed by atoms with Gasteiger partial charge in [0.25, 0.3) is 0 Å². The van der Waals surface area contributed by atoms with Crippen LogP contribution in [-0.4, -0.2) is 44.6 Å². The molecule has 1 saturated heterocycles. The smallest absolute Gasteiger partial charge is 0.318 e. The number of carboxylic acid groups (broad SMARTS) is 1. The van der Waals surface area contributed by atoms with Crippen molar-refractivity contribution in [2.75, 3.05) is 13.1 Å². The third kappa shape index (κ3) is 3.84. The SMILES string of the molecule is Cn1ccnc1C(NC(=O)N1CCCC(C(=O)O)C1)c1ccc(F)cc1. The third-order valence-corrected chi connectivity index (χ3v) is 4.65. The highest BCUT2D eigenvalue weighted by molar-refractivity contribution is 5.77. The van der Waals surface area contributed by atoms with Crippen LogP contribution in [0.25, 0.3) is 0 Å². The quantitative estimate of drug-likeness (QED) is 0.875. The summed E-state index contributed by atoms with van der Waals surface area (Å²) in [7, 11) is 1.81. The van der Waals surface area contributed by atoms with Crippen molar-refractivity contribution in [3.63, 3.8) is 0 Å². The van der Waals surface area contributed by atoms with Gasteiger partial charge in [0, 0.05) is 32.5 Å². The Kier molecular flexibility index (Phi) is 5.20. The molecule has 0 radical (unpaired) electrons. The van der Waals surface area contributed by atoms with Crippen LogP contribution in [0.3, 0.4) is 0 Å². The van der Waals surface area contributed by atoms with E-state index >= 15 is 0 Å². The number of aryl methyl sites for hydroxylation is 1. The van der Waals surface area contributed by atoms with Crippen LogP contribution >= 0.6 is 0 Å². The van der Waals surface area contributed by atoms with Crippen LogP contribution in [0.4, 0.5) is 9.18 Å². The van der Waals surface area contributed by atoms with Crippen molar-refractivity contribution in [1.29, 1.82) is 0 Å². The predicted molar refractivity (Wildman–Crippen MR) is 91.9 cm³/mol. The average molecular weight is 360 g/mol. The first-order chi connectivity index (χ1) is 12.5. The van der Waals surface area contributed by atoms with Gasteiger partial charge in [-0.05, 0) is 30.5 Å². The first kappa shape index (κ1) is 17.9. The molecular weight excluding hydrogens is 339 g/mol. The minimum absolute atomic E-state index is 0.178. The lowest BCUT2D eigenvalue weighted by molar-refractivity contribution is -0.143. The van der Waals surface area contributed by atoms with E-state index in [1.165, 1.54) is 17.0 Å². The summed E-state index contributed by atoms with van der Waals surface area (Å²) in [4.78, 5) is 29.8. The zero-order chi connectivity index (χ0) is 18.7. The highest BCUT2D eigenvalue weighted by Gasteiger charge is 2.30. The number of urea groups is 1. The number of nitrogens with one attached hydrogen (secondary N) is 1. The number of hydrogen-bond donors (Lipinski definition) is 2. The summed E-state index contributed by atoms with van der Waals surface area (Å²) < 4.78 is 15.1. The number of amides is 2. The van der Waals surface area contributed by atoms with Gasteiger partial charge in [0.15, 0.2) is 0 Å². The van der Waals surface area contributed by atoms with Gasteiger partial charge in [-0.2, -0.15) is 0 Å². The number of carbonyl (C=O) groups excluding carboxylic acids is 1. The van der Waals surface area contributed by atoms with Gasteiger partial charge in [-0.1, -0.05) is 12.1 Å². The number of aromatic nitrogens is 2. The normalized spacial score (nSPS) is 18.4. The van der Waals surface area contributed by atoms with Crippen molar-refractivity contribution in [1.82, 2.24) is 19.8 Å². The molecule has 1 aliphatic heterocycles. The van der Waals surface area contributed by atoms with Gasteiger partial charge >= 0.3 is 12.0 Å². The van der Waals surface area contributed by atoms with Crippen molar-refractivity contribution in [3.05, 3.63) is 53.9 Å². The summed E-state index contributed by atoms with van der Waals surface area (Å²) in [5, 5.41) is 12.1. The molecule has 138 valence electrons. The van der Waals surface area contributed by atoms with E-state index < -0.39 is 17.9 Å². The van der Waals surface area contributed by atoms with E-state index in [1.54, 1.807) is 29.1 Å². The Hall–Kier alpha value is -2.90. The molecule has 26 heavy (non-hydrogen) atoms. The zero-order valence-corrected chi connectivity index (χ0v) is 14.4. The van der Waals surface area contributed by atoms with E-state index in [4.69, 9.17) is 0 Å². The molecule has 0 saturated carbocycles. The Morgan fingerprint density at radius 1 is 1.35 bits per heavy atom. The molecule has 0 spiro atoms. The fourth-order valence-electron chi connectivity index (χ4n) is 3.19. The number of nitrogens with zero attached hydrogens (tertiary/aromatic N) is 3. The summed E-state index contributed by atoms with van der Waals surface area (Å²) >= 11 is 0. The van der Waals surface area contributed by atoms with Crippen LogP contribution in [0, 0.1) is 11.7 Å². The zero-order valence-electron chi connectivity index (χ0n) is 14.4. The Morgan fingerprint density at radius 3 is 2.69 bits per heavy atom. The molecule has 7 nitrogen and oxygen atoms in total. The Labute approximate surface area is 150 Å². The average Bonchev–Trinajstić information content (AvgIpc) is 3.06. The molecule has 0 bridgehead atoms. The number of carbonyl (C=O) groups is 2. The molecule has 1 aromatic carbocycles. The van der Waals surface area contributed by atoms with E-state index in [-0.39, 0.29) is 18.4 Å². The number of carboxylic acids is 1. The molecule has 1 fully saturated rings. The molecule has 8 heteroatoms. The van der Waals surface area contributed by atoms with E-state index in [2.05, 4.69) is 10.3 Å². The number of benzene rings is 1. The number of aliphatic carboxylic acids is 1. The van der Waals surface area contributed by atoms with Crippen molar-refractivity contribution >= 4 is 12.0 Å². The van der Waals surface area contributed by atoms with Crippen LogP contribution in [0.5, 0.6) is 0 Å². The molecule has 2 unspecified atom stereocenters. The van der Waals surface area contributed by atoms with Crippen molar-refractivity contribution in [2.24, 2.45) is 13.0 Å². The summed E-state index contributed by atoms with van der Waals surface area (Å²) in [5.74, 6) is -1.19. The Balaban J connectivity index is 1.81. The van der Waals surface area contributed by atoms with E-state index in [1.807, 2.05) is 7.05 Å². The van der Waals surface area contributed by atoms with Crippen molar-refractivity contribution in [3.8, 4) is 0 Å². The van der Waals surface area contributed by atoms with Gasteiger partial charge in [0.1, 0.15) is 17.7 Å². The second-order valence-corrected chi connectivity index (χ2v) is 6.45. The largest absolute Gasteiger partial charge is 0.481 e. The third-order valence-electron chi connectivity index (χ3n) is 4.65. The topological polar surface area (TPSA) is 87.5 Å². The minimum Gasteiger partial charge on any atom is -0.481 e. The Bertz CT molecular complexity index is 790. The van der Waals surface area contributed by atoms with E-state index in [0.29, 0.717) is 30.8 Å². The number of imidazole rings is 1. The second kappa shape index (κ2) is 7.55. The first-order valence-corrected chi connectivity index (χ1v) is 8.46. The second-order valence-electron chi connectivity index (χ2n) is 6.45. The minimum atomic E-state index is -0.887. The monoisotopic (exact) mass is 360 g/mol. The fraction of sp³-hybridized carbons (Fsp3) is 0.389. The molecule has 0 aliphatic carbocycles. The van der Waals surface area contributed by atoms with Gasteiger partial charge < -0.3 is 19.9 Å². The highest BCUT2D eigenvalue weighted by Crippen LogP contribution is 2.23. The fourth-order valence-corrected chi connectivity index (χ4v) is 3.19. The lowest BCUT2D eigenvalue weighted by Gasteiger charge is -2.32. The summed E-state index contributed by atoms with van der Waals surface area (Å²) in [6, 6.07) is 4.95. The molecule has 2 N–H and O–H groups in total. The number of halogens is 1. The number of likely N-dealkylation sites (tertiary alicyclic amines) is 1. The summed E-state index contributed by atoms with van der Waals surface area (Å²) in [5.41, 5.74) is 0.695.